The summed E-state index contributed by atoms with van der Waals surface area (Å²) >= 11 is 0. The molecule has 0 saturated heterocycles. The Balaban J connectivity index is 1.91. The molecule has 3 aromatic rings. The van der Waals surface area contributed by atoms with E-state index >= 15 is 0 Å². The van der Waals surface area contributed by atoms with E-state index in [4.69, 9.17) is 0 Å². The van der Waals surface area contributed by atoms with Crippen LogP contribution in [0.2, 0.25) is 0 Å². The number of aromatic nitrogens is 1. The summed E-state index contributed by atoms with van der Waals surface area (Å²) in [5.74, 6) is 0. The predicted octanol–water partition coefficient (Wildman–Crippen LogP) is 5.64. The van der Waals surface area contributed by atoms with Crippen molar-refractivity contribution < 1.29 is 0 Å². The van der Waals surface area contributed by atoms with Gasteiger partial charge in [-0.3, -0.25) is 4.98 Å². The molecule has 0 aliphatic rings. The number of rotatable bonds is 3. The fourth-order valence-electron chi connectivity index (χ4n) is 2.72. The highest BCUT2D eigenvalue weighted by molar-refractivity contribution is 5.61. The normalized spacial score (nSPS) is 11.4. The lowest BCUT2D eigenvalue weighted by molar-refractivity contribution is 0.590. The Bertz CT molecular complexity index is 782. The van der Waals surface area contributed by atoms with Gasteiger partial charge < -0.3 is 0 Å². The van der Waals surface area contributed by atoms with Crippen LogP contribution in [0.25, 0.3) is 11.3 Å². The zero-order valence-corrected chi connectivity index (χ0v) is 14.1. The van der Waals surface area contributed by atoms with Crippen LogP contribution in [-0.4, -0.2) is 4.98 Å². The molecular weight excluding hydrogens is 278 g/mol. The van der Waals surface area contributed by atoms with Crippen LogP contribution in [0.4, 0.5) is 0 Å². The fourth-order valence-corrected chi connectivity index (χ4v) is 2.72. The number of pyridine rings is 1. The molecular formula is C22H23N. The van der Waals surface area contributed by atoms with E-state index in [1.54, 1.807) is 0 Å². The van der Waals surface area contributed by atoms with Crippen molar-refractivity contribution in [1.29, 1.82) is 0 Å². The Morgan fingerprint density at radius 2 is 1.57 bits per heavy atom. The number of nitrogens with zero attached hydrogens (tertiary/aromatic N) is 1. The molecule has 0 atom stereocenters. The molecule has 0 amide bonds. The molecule has 0 fully saturated rings. The minimum Gasteiger partial charge on any atom is -0.256 e. The van der Waals surface area contributed by atoms with Gasteiger partial charge in [0.25, 0.3) is 0 Å². The second kappa shape index (κ2) is 6.37. The molecule has 1 aromatic heterocycles. The monoisotopic (exact) mass is 301 g/mol. The Morgan fingerprint density at radius 3 is 2.30 bits per heavy atom. The summed E-state index contributed by atoms with van der Waals surface area (Å²) in [7, 11) is 0. The van der Waals surface area contributed by atoms with Gasteiger partial charge in [-0.15, -0.1) is 0 Å². The van der Waals surface area contributed by atoms with Gasteiger partial charge in [0.05, 0.1) is 5.69 Å². The van der Waals surface area contributed by atoms with Crippen LogP contribution in [0, 0.1) is 0 Å². The molecule has 0 saturated carbocycles. The highest BCUT2D eigenvalue weighted by atomic mass is 14.7. The highest BCUT2D eigenvalue weighted by Gasteiger charge is 2.14. The highest BCUT2D eigenvalue weighted by Crippen LogP contribution is 2.27. The van der Waals surface area contributed by atoms with Crippen molar-refractivity contribution in [2.75, 3.05) is 0 Å². The minimum absolute atomic E-state index is 0.150. The first-order chi connectivity index (χ1) is 11.0. The lowest BCUT2D eigenvalue weighted by Gasteiger charge is -2.19. The van der Waals surface area contributed by atoms with Crippen LogP contribution in [-0.2, 0) is 11.8 Å². The molecule has 1 nitrogen and oxygen atoms in total. The number of hydrogen-bond acceptors (Lipinski definition) is 1. The van der Waals surface area contributed by atoms with Crippen LogP contribution in [0.1, 0.15) is 37.5 Å². The van der Waals surface area contributed by atoms with Crippen LogP contribution in [0.5, 0.6) is 0 Å². The van der Waals surface area contributed by atoms with Gasteiger partial charge in [0.2, 0.25) is 0 Å². The summed E-state index contributed by atoms with van der Waals surface area (Å²) in [6.45, 7) is 6.72. The zero-order chi connectivity index (χ0) is 16.3. The molecule has 0 unspecified atom stereocenters. The van der Waals surface area contributed by atoms with E-state index in [1.165, 1.54) is 22.3 Å². The lowest BCUT2D eigenvalue weighted by Crippen LogP contribution is -2.10. The van der Waals surface area contributed by atoms with Crippen molar-refractivity contribution in [3.63, 3.8) is 0 Å². The molecule has 3 rings (SSSR count). The predicted molar refractivity (Wildman–Crippen MR) is 97.6 cm³/mol. The van der Waals surface area contributed by atoms with Gasteiger partial charge in [0, 0.05) is 11.8 Å². The Hall–Kier alpha value is -2.41. The molecule has 2 aromatic carbocycles. The van der Waals surface area contributed by atoms with E-state index in [0.29, 0.717) is 0 Å². The standard InChI is InChI=1S/C22H23N/c1-22(2,3)20-11-7-10-19(16-20)21-15-18(12-13-23-21)14-17-8-5-4-6-9-17/h4-13,15-16H,14H2,1-3H3. The van der Waals surface area contributed by atoms with Crippen molar-refractivity contribution in [2.24, 2.45) is 0 Å². The summed E-state index contributed by atoms with van der Waals surface area (Å²) < 4.78 is 0. The molecule has 1 heterocycles. The number of hydrogen-bond donors (Lipinski definition) is 0. The van der Waals surface area contributed by atoms with Crippen LogP contribution in [0.15, 0.2) is 72.9 Å². The van der Waals surface area contributed by atoms with E-state index < -0.39 is 0 Å². The third kappa shape index (κ3) is 3.87. The van der Waals surface area contributed by atoms with Crippen LogP contribution in [0.3, 0.4) is 0 Å². The Labute approximate surface area is 139 Å². The molecule has 116 valence electrons. The first kappa shape index (κ1) is 15.5. The van der Waals surface area contributed by atoms with Crippen molar-refractivity contribution in [3.8, 4) is 11.3 Å². The topological polar surface area (TPSA) is 12.9 Å². The van der Waals surface area contributed by atoms with E-state index in [9.17, 15) is 0 Å². The molecule has 1 heteroatoms. The second-order valence-electron chi connectivity index (χ2n) is 7.04. The lowest BCUT2D eigenvalue weighted by atomic mass is 9.86. The largest absolute Gasteiger partial charge is 0.256 e. The van der Waals surface area contributed by atoms with Gasteiger partial charge in [0.1, 0.15) is 0 Å². The maximum Gasteiger partial charge on any atom is 0.0704 e. The first-order valence-corrected chi connectivity index (χ1v) is 8.12. The Kier molecular flexibility index (Phi) is 4.29. The van der Waals surface area contributed by atoms with Crippen molar-refractivity contribution >= 4 is 0 Å². The minimum atomic E-state index is 0.150. The molecule has 0 radical (unpaired) electrons. The van der Waals surface area contributed by atoms with E-state index in [-0.39, 0.29) is 5.41 Å². The van der Waals surface area contributed by atoms with Crippen molar-refractivity contribution in [2.45, 2.75) is 32.6 Å². The van der Waals surface area contributed by atoms with Gasteiger partial charge in [-0.1, -0.05) is 69.3 Å². The maximum atomic E-state index is 4.57. The van der Waals surface area contributed by atoms with Crippen molar-refractivity contribution in [3.05, 3.63) is 89.6 Å². The quantitative estimate of drug-likeness (QED) is 0.610. The molecule has 0 spiro atoms. The Morgan fingerprint density at radius 1 is 0.783 bits per heavy atom. The average Bonchev–Trinajstić information content (AvgIpc) is 2.55. The summed E-state index contributed by atoms with van der Waals surface area (Å²) in [6.07, 6.45) is 2.85. The molecule has 0 N–H and O–H groups in total. The second-order valence-corrected chi connectivity index (χ2v) is 7.04. The molecule has 0 bridgehead atoms. The summed E-state index contributed by atoms with van der Waals surface area (Å²) in [6, 6.07) is 23.6. The van der Waals surface area contributed by atoms with Gasteiger partial charge in [0.15, 0.2) is 0 Å². The van der Waals surface area contributed by atoms with Crippen LogP contribution < -0.4 is 0 Å². The fraction of sp³-hybridized carbons (Fsp3) is 0.227. The molecule has 0 aliphatic heterocycles. The summed E-state index contributed by atoms with van der Waals surface area (Å²) in [5.41, 5.74) is 6.34. The maximum absolute atomic E-state index is 4.57. The smallest absolute Gasteiger partial charge is 0.0704 e. The van der Waals surface area contributed by atoms with Gasteiger partial charge in [-0.05, 0) is 46.7 Å². The SMILES string of the molecule is CC(C)(C)c1cccc(-c2cc(Cc3ccccc3)ccn2)c1. The van der Waals surface area contributed by atoms with Crippen LogP contribution >= 0.6 is 0 Å². The molecule has 0 aliphatic carbocycles. The van der Waals surface area contributed by atoms with Crippen molar-refractivity contribution in [1.82, 2.24) is 4.98 Å². The molecule has 23 heavy (non-hydrogen) atoms. The van der Waals surface area contributed by atoms with Gasteiger partial charge in [-0.2, -0.15) is 0 Å². The van der Waals surface area contributed by atoms with E-state index in [2.05, 4.69) is 92.5 Å². The summed E-state index contributed by atoms with van der Waals surface area (Å²) in [5, 5.41) is 0. The number of benzene rings is 2. The zero-order valence-electron chi connectivity index (χ0n) is 14.1. The third-order valence-corrected chi connectivity index (χ3v) is 4.10. The van der Waals surface area contributed by atoms with E-state index in [0.717, 1.165) is 12.1 Å². The third-order valence-electron chi connectivity index (χ3n) is 4.10. The van der Waals surface area contributed by atoms with Gasteiger partial charge >= 0.3 is 0 Å². The average molecular weight is 301 g/mol. The first-order valence-electron chi connectivity index (χ1n) is 8.12. The van der Waals surface area contributed by atoms with E-state index in [1.807, 2.05) is 6.20 Å². The van der Waals surface area contributed by atoms with Gasteiger partial charge in [-0.25, -0.2) is 0 Å². The summed E-state index contributed by atoms with van der Waals surface area (Å²) in [4.78, 5) is 4.57.